The average Bonchev–Trinajstić information content (AvgIpc) is 2.60. The Labute approximate surface area is 154 Å². The highest BCUT2D eigenvalue weighted by atomic mass is 16.5. The summed E-state index contributed by atoms with van der Waals surface area (Å²) in [4.78, 5) is 23.6. The number of aryl methyl sites for hydroxylation is 2. The van der Waals surface area contributed by atoms with Crippen molar-refractivity contribution in [3.8, 4) is 5.75 Å². The highest BCUT2D eigenvalue weighted by Crippen LogP contribution is 2.16. The molecule has 0 saturated carbocycles. The maximum Gasteiger partial charge on any atom is 0.223 e. The van der Waals surface area contributed by atoms with Crippen LogP contribution in [0, 0.1) is 13.8 Å². The van der Waals surface area contributed by atoms with Gasteiger partial charge in [-0.2, -0.15) is 0 Å². The number of hydrogen-bond donors (Lipinski definition) is 2. The molecule has 26 heavy (non-hydrogen) atoms. The van der Waals surface area contributed by atoms with E-state index in [1.165, 1.54) is 0 Å². The Morgan fingerprint density at radius 1 is 0.885 bits per heavy atom. The molecule has 0 atom stereocenters. The van der Waals surface area contributed by atoms with Crippen molar-refractivity contribution in [3.05, 3.63) is 65.2 Å². The molecule has 0 aliphatic rings. The van der Waals surface area contributed by atoms with E-state index in [1.54, 1.807) is 0 Å². The van der Waals surface area contributed by atoms with Crippen molar-refractivity contribution in [2.75, 3.05) is 13.2 Å². The van der Waals surface area contributed by atoms with E-state index in [-0.39, 0.29) is 24.7 Å². The quantitative estimate of drug-likeness (QED) is 0.728. The second-order valence-electron chi connectivity index (χ2n) is 6.28. The number of nitrogens with one attached hydrogen (secondary N) is 2. The highest BCUT2D eigenvalue weighted by Gasteiger charge is 2.05. The molecule has 0 heterocycles. The lowest BCUT2D eigenvalue weighted by atomic mass is 10.1. The fraction of sp³-hybridized carbons (Fsp3) is 0.333. The van der Waals surface area contributed by atoms with E-state index >= 15 is 0 Å². The standard InChI is InChI=1S/C21H26N2O3/c1-16-12-17(2)14-19(13-16)26-11-9-21(25)22-10-8-20(24)23-15-18-6-4-3-5-7-18/h3-7,12-14H,8-11,15H2,1-2H3,(H,22,25)(H,23,24). The number of rotatable bonds is 9. The molecule has 0 fully saturated rings. The summed E-state index contributed by atoms with van der Waals surface area (Å²) in [6.45, 7) is 5.15. The van der Waals surface area contributed by atoms with E-state index in [0.717, 1.165) is 22.4 Å². The molecule has 0 bridgehead atoms. The summed E-state index contributed by atoms with van der Waals surface area (Å²) in [5.74, 6) is 0.571. The van der Waals surface area contributed by atoms with Crippen LogP contribution in [0.1, 0.15) is 29.5 Å². The predicted octanol–water partition coefficient (Wildman–Crippen LogP) is 2.90. The molecule has 2 N–H and O–H groups in total. The number of hydrogen-bond acceptors (Lipinski definition) is 3. The minimum Gasteiger partial charge on any atom is -0.493 e. The molecule has 0 radical (unpaired) electrons. The topological polar surface area (TPSA) is 67.4 Å². The van der Waals surface area contributed by atoms with E-state index in [2.05, 4.69) is 16.7 Å². The Kier molecular flexibility index (Phi) is 7.68. The third-order valence-electron chi connectivity index (χ3n) is 3.80. The van der Waals surface area contributed by atoms with Gasteiger partial charge in [0.1, 0.15) is 5.75 Å². The second kappa shape index (κ2) is 10.2. The molecule has 5 nitrogen and oxygen atoms in total. The summed E-state index contributed by atoms with van der Waals surface area (Å²) < 4.78 is 5.61. The van der Waals surface area contributed by atoms with Crippen molar-refractivity contribution in [2.24, 2.45) is 0 Å². The predicted molar refractivity (Wildman–Crippen MR) is 102 cm³/mol. The monoisotopic (exact) mass is 354 g/mol. The molecular weight excluding hydrogens is 328 g/mol. The first-order valence-corrected chi connectivity index (χ1v) is 8.81. The lowest BCUT2D eigenvalue weighted by Gasteiger charge is -2.09. The zero-order valence-electron chi connectivity index (χ0n) is 15.4. The zero-order chi connectivity index (χ0) is 18.8. The number of benzene rings is 2. The van der Waals surface area contributed by atoms with Crippen LogP contribution in [0.4, 0.5) is 0 Å². The first-order valence-electron chi connectivity index (χ1n) is 8.81. The molecule has 2 aromatic rings. The smallest absolute Gasteiger partial charge is 0.223 e. The molecule has 5 heteroatoms. The highest BCUT2D eigenvalue weighted by molar-refractivity contribution is 5.79. The fourth-order valence-corrected chi connectivity index (χ4v) is 2.57. The van der Waals surface area contributed by atoms with Gasteiger partial charge in [0.25, 0.3) is 0 Å². The van der Waals surface area contributed by atoms with Crippen molar-refractivity contribution >= 4 is 11.8 Å². The van der Waals surface area contributed by atoms with Crippen LogP contribution in [0.5, 0.6) is 5.75 Å². The molecule has 0 aromatic heterocycles. The molecule has 0 unspecified atom stereocenters. The van der Waals surface area contributed by atoms with E-state index in [0.29, 0.717) is 19.7 Å². The average molecular weight is 354 g/mol. The van der Waals surface area contributed by atoms with E-state index in [1.807, 2.05) is 56.3 Å². The summed E-state index contributed by atoms with van der Waals surface area (Å²) in [5.41, 5.74) is 3.31. The first-order chi connectivity index (χ1) is 12.5. The summed E-state index contributed by atoms with van der Waals surface area (Å²) in [7, 11) is 0. The first kappa shape index (κ1) is 19.5. The normalized spacial score (nSPS) is 10.2. The summed E-state index contributed by atoms with van der Waals surface area (Å²) in [5, 5.41) is 5.57. The van der Waals surface area contributed by atoms with Gasteiger partial charge in [0, 0.05) is 19.5 Å². The SMILES string of the molecule is Cc1cc(C)cc(OCCC(=O)NCCC(=O)NCc2ccccc2)c1. The number of ether oxygens (including phenoxy) is 1. The van der Waals surface area contributed by atoms with Crippen LogP contribution in [0.15, 0.2) is 48.5 Å². The Balaban J connectivity index is 1.57. The molecule has 138 valence electrons. The van der Waals surface area contributed by atoms with Crippen molar-refractivity contribution in [3.63, 3.8) is 0 Å². The fourth-order valence-electron chi connectivity index (χ4n) is 2.57. The van der Waals surface area contributed by atoms with Gasteiger partial charge in [-0.25, -0.2) is 0 Å². The van der Waals surface area contributed by atoms with Gasteiger partial charge in [-0.15, -0.1) is 0 Å². The molecule has 0 spiro atoms. The summed E-state index contributed by atoms with van der Waals surface area (Å²) >= 11 is 0. The van der Waals surface area contributed by atoms with Crippen LogP contribution in [0.25, 0.3) is 0 Å². The van der Waals surface area contributed by atoms with E-state index in [4.69, 9.17) is 4.74 Å². The van der Waals surface area contributed by atoms with E-state index < -0.39 is 0 Å². The van der Waals surface area contributed by atoms with Crippen molar-refractivity contribution in [2.45, 2.75) is 33.2 Å². The molecule has 0 saturated heterocycles. The summed E-state index contributed by atoms with van der Waals surface area (Å²) in [6.07, 6.45) is 0.523. The zero-order valence-corrected chi connectivity index (χ0v) is 15.4. The van der Waals surface area contributed by atoms with Crippen LogP contribution < -0.4 is 15.4 Å². The number of carbonyl (C=O) groups excluding carboxylic acids is 2. The van der Waals surface area contributed by atoms with Gasteiger partial charge in [-0.3, -0.25) is 9.59 Å². The van der Waals surface area contributed by atoms with Gasteiger partial charge >= 0.3 is 0 Å². The van der Waals surface area contributed by atoms with Crippen LogP contribution in [-0.4, -0.2) is 25.0 Å². The van der Waals surface area contributed by atoms with Crippen molar-refractivity contribution < 1.29 is 14.3 Å². The van der Waals surface area contributed by atoms with Crippen LogP contribution in [0.2, 0.25) is 0 Å². The molecule has 0 aliphatic heterocycles. The van der Waals surface area contributed by atoms with Gasteiger partial charge in [0.05, 0.1) is 13.0 Å². The molecule has 2 aromatic carbocycles. The largest absolute Gasteiger partial charge is 0.493 e. The Bertz CT molecular complexity index is 709. The van der Waals surface area contributed by atoms with Gasteiger partial charge in [0.15, 0.2) is 0 Å². The Hall–Kier alpha value is -2.82. The third-order valence-corrected chi connectivity index (χ3v) is 3.80. The van der Waals surface area contributed by atoms with Crippen molar-refractivity contribution in [1.29, 1.82) is 0 Å². The second-order valence-corrected chi connectivity index (χ2v) is 6.28. The van der Waals surface area contributed by atoms with E-state index in [9.17, 15) is 9.59 Å². The Morgan fingerprint density at radius 2 is 1.54 bits per heavy atom. The van der Waals surface area contributed by atoms with Crippen molar-refractivity contribution in [1.82, 2.24) is 10.6 Å². The lowest BCUT2D eigenvalue weighted by molar-refractivity contribution is -0.122. The van der Waals surface area contributed by atoms with Gasteiger partial charge in [-0.1, -0.05) is 36.4 Å². The number of carbonyl (C=O) groups is 2. The summed E-state index contributed by atoms with van der Waals surface area (Å²) in [6, 6.07) is 15.7. The van der Waals surface area contributed by atoms with Crippen LogP contribution >= 0.6 is 0 Å². The van der Waals surface area contributed by atoms with Crippen LogP contribution in [-0.2, 0) is 16.1 Å². The third kappa shape index (κ3) is 7.38. The van der Waals surface area contributed by atoms with Gasteiger partial charge in [-0.05, 0) is 42.7 Å². The van der Waals surface area contributed by atoms with Gasteiger partial charge in [0.2, 0.25) is 11.8 Å². The minimum absolute atomic E-state index is 0.0827. The van der Waals surface area contributed by atoms with Gasteiger partial charge < -0.3 is 15.4 Å². The molecule has 0 aliphatic carbocycles. The van der Waals surface area contributed by atoms with Crippen LogP contribution in [0.3, 0.4) is 0 Å². The molecule has 2 rings (SSSR count). The lowest BCUT2D eigenvalue weighted by Crippen LogP contribution is -2.31. The molecular formula is C21H26N2O3. The minimum atomic E-state index is -0.120. The number of amides is 2. The molecule has 2 amide bonds. The Morgan fingerprint density at radius 3 is 2.23 bits per heavy atom. The maximum absolute atomic E-state index is 11.8. The maximum atomic E-state index is 11.8.